The molecule has 0 aliphatic heterocycles. The molecule has 3 aromatic rings. The highest BCUT2D eigenvalue weighted by Crippen LogP contribution is 2.30. The zero-order valence-corrected chi connectivity index (χ0v) is 17.1. The van der Waals surface area contributed by atoms with Crippen LogP contribution in [-0.4, -0.2) is 33.1 Å². The zero-order valence-electron chi connectivity index (χ0n) is 16.3. The van der Waals surface area contributed by atoms with Crippen molar-refractivity contribution >= 4 is 23.4 Å². The van der Waals surface area contributed by atoms with Gasteiger partial charge in [-0.2, -0.15) is 0 Å². The van der Waals surface area contributed by atoms with Gasteiger partial charge in [0, 0.05) is 5.69 Å². The number of methoxy groups -OCH3 is 1. The lowest BCUT2D eigenvalue weighted by atomic mass is 10.1. The normalized spacial score (nSPS) is 11.9. The third-order valence-electron chi connectivity index (χ3n) is 4.31. The molecule has 0 radical (unpaired) electrons. The Hall–Kier alpha value is -3.00. The van der Waals surface area contributed by atoms with Crippen LogP contribution in [0, 0.1) is 13.8 Å². The van der Waals surface area contributed by atoms with E-state index in [-0.39, 0.29) is 5.91 Å². The molecule has 0 saturated heterocycles. The molecule has 0 bridgehead atoms. The van der Waals surface area contributed by atoms with Crippen molar-refractivity contribution < 1.29 is 9.53 Å². The molecule has 3 N–H and O–H groups in total. The van der Waals surface area contributed by atoms with E-state index in [0.717, 1.165) is 22.4 Å². The van der Waals surface area contributed by atoms with Gasteiger partial charge in [0.2, 0.25) is 11.1 Å². The number of aromatic nitrogens is 3. The number of aryl methyl sites for hydroxylation is 2. The highest BCUT2D eigenvalue weighted by molar-refractivity contribution is 8.00. The van der Waals surface area contributed by atoms with E-state index in [2.05, 4.69) is 15.5 Å². The van der Waals surface area contributed by atoms with Crippen molar-refractivity contribution in [2.24, 2.45) is 0 Å². The summed E-state index contributed by atoms with van der Waals surface area (Å²) in [6, 6.07) is 13.4. The molecule has 1 atom stereocenters. The summed E-state index contributed by atoms with van der Waals surface area (Å²) in [4.78, 5) is 12.6. The smallest absolute Gasteiger partial charge is 0.237 e. The molecule has 3 rings (SSSR count). The number of carbonyl (C=O) groups excluding carboxylic acids is 1. The van der Waals surface area contributed by atoms with Crippen molar-refractivity contribution in [3.8, 4) is 17.1 Å². The highest BCUT2D eigenvalue weighted by atomic mass is 32.2. The first-order chi connectivity index (χ1) is 13.4. The van der Waals surface area contributed by atoms with E-state index < -0.39 is 5.25 Å². The lowest BCUT2D eigenvalue weighted by Gasteiger charge is -2.14. The molecular formula is C20H23N5O2S. The Bertz CT molecular complexity index is 1000. The highest BCUT2D eigenvalue weighted by Gasteiger charge is 2.21. The van der Waals surface area contributed by atoms with Crippen LogP contribution in [-0.2, 0) is 4.79 Å². The molecule has 7 nitrogen and oxygen atoms in total. The van der Waals surface area contributed by atoms with E-state index in [1.54, 1.807) is 7.11 Å². The molecular weight excluding hydrogens is 374 g/mol. The van der Waals surface area contributed by atoms with Gasteiger partial charge < -0.3 is 15.9 Å². The van der Waals surface area contributed by atoms with Gasteiger partial charge in [-0.15, -0.1) is 10.2 Å². The Morgan fingerprint density at radius 3 is 2.71 bits per heavy atom. The van der Waals surface area contributed by atoms with Crippen LogP contribution in [0.1, 0.15) is 18.1 Å². The molecule has 0 aliphatic rings. The van der Waals surface area contributed by atoms with Crippen LogP contribution in [0.25, 0.3) is 11.4 Å². The molecule has 0 aliphatic carbocycles. The number of ether oxygens (including phenoxy) is 1. The van der Waals surface area contributed by atoms with E-state index >= 15 is 0 Å². The average molecular weight is 398 g/mol. The minimum absolute atomic E-state index is 0.124. The number of carbonyl (C=O) groups is 1. The maximum atomic E-state index is 12.6. The van der Waals surface area contributed by atoms with E-state index in [1.165, 1.54) is 16.4 Å². The number of amides is 1. The number of nitrogen functional groups attached to an aromatic ring is 1. The first-order valence-electron chi connectivity index (χ1n) is 8.79. The van der Waals surface area contributed by atoms with E-state index in [9.17, 15) is 4.79 Å². The second kappa shape index (κ2) is 8.35. The van der Waals surface area contributed by atoms with E-state index in [0.29, 0.717) is 16.7 Å². The fourth-order valence-corrected chi connectivity index (χ4v) is 3.46. The number of nitrogens with zero attached hydrogens (tertiary/aromatic N) is 3. The van der Waals surface area contributed by atoms with Crippen LogP contribution in [0.5, 0.6) is 5.75 Å². The molecule has 8 heteroatoms. The summed E-state index contributed by atoms with van der Waals surface area (Å²) in [5.41, 5.74) is 3.64. The third kappa shape index (κ3) is 4.12. The maximum absolute atomic E-state index is 12.6. The van der Waals surface area contributed by atoms with Crippen LogP contribution in [0.4, 0.5) is 5.69 Å². The molecule has 1 heterocycles. The first kappa shape index (κ1) is 19.8. The summed E-state index contributed by atoms with van der Waals surface area (Å²) in [5.74, 6) is 7.19. The van der Waals surface area contributed by atoms with Crippen LogP contribution >= 0.6 is 11.8 Å². The van der Waals surface area contributed by atoms with Gasteiger partial charge in [-0.05, 0) is 50.1 Å². The van der Waals surface area contributed by atoms with E-state index in [1.807, 2.05) is 63.2 Å². The molecule has 28 heavy (non-hydrogen) atoms. The van der Waals surface area contributed by atoms with Crippen molar-refractivity contribution in [3.05, 3.63) is 53.6 Å². The number of nitrogens with two attached hydrogens (primary N) is 1. The minimum atomic E-state index is -0.406. The van der Waals surface area contributed by atoms with Crippen molar-refractivity contribution in [1.82, 2.24) is 14.9 Å². The predicted octanol–water partition coefficient (Wildman–Crippen LogP) is 3.40. The molecule has 1 aromatic heterocycles. The monoisotopic (exact) mass is 397 g/mol. The van der Waals surface area contributed by atoms with Gasteiger partial charge in [-0.1, -0.05) is 36.0 Å². The second-order valence-electron chi connectivity index (χ2n) is 6.44. The fourth-order valence-electron chi connectivity index (χ4n) is 2.69. The number of benzene rings is 2. The van der Waals surface area contributed by atoms with Gasteiger partial charge in [-0.25, -0.2) is 4.68 Å². The lowest BCUT2D eigenvalue weighted by molar-refractivity contribution is -0.115. The number of nitrogens with one attached hydrogen (secondary N) is 1. The Kier molecular flexibility index (Phi) is 5.89. The van der Waals surface area contributed by atoms with Crippen molar-refractivity contribution in [2.75, 3.05) is 18.3 Å². The fraction of sp³-hybridized carbons (Fsp3) is 0.250. The van der Waals surface area contributed by atoms with Crippen LogP contribution in [0.3, 0.4) is 0 Å². The topological polar surface area (TPSA) is 95.1 Å². The number of hydrogen-bond donors (Lipinski definition) is 2. The van der Waals surface area contributed by atoms with Gasteiger partial charge in [0.05, 0.1) is 17.9 Å². The third-order valence-corrected chi connectivity index (χ3v) is 5.37. The lowest BCUT2D eigenvalue weighted by Crippen LogP contribution is -2.24. The van der Waals surface area contributed by atoms with Gasteiger partial charge in [0.1, 0.15) is 5.75 Å². The number of anilines is 1. The molecule has 0 fully saturated rings. The number of para-hydroxylation sites is 1. The second-order valence-corrected chi connectivity index (χ2v) is 7.75. The SMILES string of the molecule is COc1ccccc1-c1nnc(SC(C)C(=O)Nc2cc(C)ccc2C)n1N. The van der Waals surface area contributed by atoms with Crippen molar-refractivity contribution in [1.29, 1.82) is 0 Å². The Morgan fingerprint density at radius 1 is 1.21 bits per heavy atom. The van der Waals surface area contributed by atoms with Gasteiger partial charge in [0.15, 0.2) is 5.82 Å². The summed E-state index contributed by atoms with van der Waals surface area (Å²) in [6.07, 6.45) is 0. The Labute approximate surface area is 168 Å². The maximum Gasteiger partial charge on any atom is 0.237 e. The van der Waals surface area contributed by atoms with Crippen molar-refractivity contribution in [2.45, 2.75) is 31.2 Å². The molecule has 1 amide bonds. The summed E-state index contributed by atoms with van der Waals surface area (Å²) >= 11 is 1.25. The Morgan fingerprint density at radius 2 is 1.96 bits per heavy atom. The first-order valence-corrected chi connectivity index (χ1v) is 9.67. The summed E-state index contributed by atoms with van der Waals surface area (Å²) in [6.45, 7) is 5.76. The summed E-state index contributed by atoms with van der Waals surface area (Å²) in [7, 11) is 1.59. The quantitative estimate of drug-likeness (QED) is 0.489. The van der Waals surface area contributed by atoms with Gasteiger partial charge in [-0.3, -0.25) is 4.79 Å². The largest absolute Gasteiger partial charge is 0.496 e. The predicted molar refractivity (Wildman–Crippen MR) is 112 cm³/mol. The molecule has 146 valence electrons. The van der Waals surface area contributed by atoms with Crippen LogP contribution < -0.4 is 15.9 Å². The minimum Gasteiger partial charge on any atom is -0.496 e. The van der Waals surface area contributed by atoms with Crippen molar-refractivity contribution in [3.63, 3.8) is 0 Å². The number of hydrogen-bond acceptors (Lipinski definition) is 6. The Balaban J connectivity index is 1.76. The number of thioether (sulfide) groups is 1. The van der Waals surface area contributed by atoms with Gasteiger partial charge in [0.25, 0.3) is 0 Å². The summed E-state index contributed by atoms with van der Waals surface area (Å²) < 4.78 is 6.74. The summed E-state index contributed by atoms with van der Waals surface area (Å²) in [5, 5.41) is 11.3. The van der Waals surface area contributed by atoms with Crippen LogP contribution in [0.15, 0.2) is 47.6 Å². The molecule has 1 unspecified atom stereocenters. The molecule has 0 saturated carbocycles. The average Bonchev–Trinajstić information content (AvgIpc) is 3.04. The molecule has 2 aromatic carbocycles. The van der Waals surface area contributed by atoms with Crippen LogP contribution in [0.2, 0.25) is 0 Å². The van der Waals surface area contributed by atoms with Gasteiger partial charge >= 0.3 is 0 Å². The number of rotatable bonds is 6. The standard InChI is InChI=1S/C20H23N5O2S/c1-12-9-10-13(2)16(11-12)22-19(26)14(3)28-20-24-23-18(25(20)21)15-7-5-6-8-17(15)27-4/h5-11,14H,21H2,1-4H3,(H,22,26). The zero-order chi connectivity index (χ0) is 20.3. The van der Waals surface area contributed by atoms with E-state index in [4.69, 9.17) is 10.6 Å². The molecule has 0 spiro atoms.